The number of anilines is 1. The molecule has 0 saturated heterocycles. The minimum atomic E-state index is -0.399. The molecule has 2 heterocycles. The Labute approximate surface area is 222 Å². The maximum Gasteiger partial charge on any atom is 0.291 e. The van der Waals surface area contributed by atoms with Crippen LogP contribution in [0.15, 0.2) is 112 Å². The van der Waals surface area contributed by atoms with Gasteiger partial charge in [0, 0.05) is 21.8 Å². The molecule has 4 aromatic carbocycles. The van der Waals surface area contributed by atoms with Gasteiger partial charge >= 0.3 is 0 Å². The third kappa shape index (κ3) is 4.75. The number of fused-ring (bicyclic) bond motifs is 1. The Morgan fingerprint density at radius 1 is 0.730 bits per heavy atom. The predicted octanol–water partition coefficient (Wildman–Crippen LogP) is 8.98. The number of hydrogen-bond acceptors (Lipinski definition) is 4. The fourth-order valence-electron chi connectivity index (χ4n) is 4.05. The number of halogens is 2. The van der Waals surface area contributed by atoms with E-state index in [0.29, 0.717) is 44.0 Å². The zero-order valence-corrected chi connectivity index (χ0v) is 20.8. The summed E-state index contributed by atoms with van der Waals surface area (Å²) >= 11 is 12.3. The minimum Gasteiger partial charge on any atom is -0.451 e. The van der Waals surface area contributed by atoms with E-state index in [4.69, 9.17) is 32.0 Å². The number of nitrogens with one attached hydrogen (secondary N) is 1. The highest BCUT2D eigenvalue weighted by molar-refractivity contribution is 6.35. The molecule has 6 rings (SSSR count). The summed E-state index contributed by atoms with van der Waals surface area (Å²) < 4.78 is 11.7. The molecule has 5 nitrogen and oxygen atoms in total. The first-order chi connectivity index (χ1) is 18.0. The highest BCUT2D eigenvalue weighted by Gasteiger charge is 2.16. The summed E-state index contributed by atoms with van der Waals surface area (Å²) in [5, 5.41) is 3.84. The molecule has 0 fully saturated rings. The molecule has 0 aliphatic heterocycles. The first-order valence-corrected chi connectivity index (χ1v) is 12.2. The van der Waals surface area contributed by atoms with E-state index in [2.05, 4.69) is 22.4 Å². The number of nitrogens with zero attached hydrogens (tertiary/aromatic N) is 1. The number of carbonyl (C=O) groups is 1. The molecule has 0 saturated carbocycles. The van der Waals surface area contributed by atoms with Gasteiger partial charge < -0.3 is 14.2 Å². The fraction of sp³-hybridized carbons (Fsp3) is 0. The van der Waals surface area contributed by atoms with Gasteiger partial charge in [-0.25, -0.2) is 4.98 Å². The number of amides is 1. The van der Waals surface area contributed by atoms with E-state index in [-0.39, 0.29) is 5.76 Å². The quantitative estimate of drug-likeness (QED) is 0.244. The van der Waals surface area contributed by atoms with Crippen LogP contribution in [0.4, 0.5) is 5.69 Å². The second-order valence-corrected chi connectivity index (χ2v) is 9.23. The molecule has 0 aliphatic rings. The molecule has 0 aliphatic carbocycles. The molecule has 1 amide bonds. The first-order valence-electron chi connectivity index (χ1n) is 11.5. The largest absolute Gasteiger partial charge is 0.451 e. The number of rotatable bonds is 5. The first kappa shape index (κ1) is 23.1. The van der Waals surface area contributed by atoms with Crippen LogP contribution in [-0.2, 0) is 0 Å². The standard InChI is InChI=1S/C30H18Cl2N2O3/c31-21-10-12-24(32)23(16-21)26-14-15-28(36-26)29(35)33-22-11-13-27-25(17-22)34-30(37-27)20-8-6-19(7-9-20)18-4-2-1-3-5-18/h1-17H,(H,33,35). The van der Waals surface area contributed by atoms with Gasteiger partial charge in [0.25, 0.3) is 5.91 Å². The van der Waals surface area contributed by atoms with Crippen LogP contribution in [0.1, 0.15) is 10.6 Å². The molecule has 0 unspecified atom stereocenters. The Morgan fingerprint density at radius 2 is 1.49 bits per heavy atom. The molecule has 6 aromatic rings. The van der Waals surface area contributed by atoms with E-state index >= 15 is 0 Å². The van der Waals surface area contributed by atoms with Crippen molar-refractivity contribution in [2.45, 2.75) is 0 Å². The minimum absolute atomic E-state index is 0.144. The van der Waals surface area contributed by atoms with Gasteiger partial charge in [0.15, 0.2) is 11.3 Å². The van der Waals surface area contributed by atoms with Crippen LogP contribution in [0.5, 0.6) is 0 Å². The zero-order chi connectivity index (χ0) is 25.4. The van der Waals surface area contributed by atoms with Crippen molar-refractivity contribution in [3.63, 3.8) is 0 Å². The molecule has 0 spiro atoms. The van der Waals surface area contributed by atoms with E-state index in [0.717, 1.165) is 16.7 Å². The van der Waals surface area contributed by atoms with Gasteiger partial charge in [0.1, 0.15) is 11.3 Å². The number of hydrogen-bond donors (Lipinski definition) is 1. The SMILES string of the molecule is O=C(Nc1ccc2oc(-c3ccc(-c4ccccc4)cc3)nc2c1)c1ccc(-c2cc(Cl)ccc2Cl)o1. The summed E-state index contributed by atoms with van der Waals surface area (Å²) in [6.07, 6.45) is 0. The van der Waals surface area contributed by atoms with Crippen LogP contribution < -0.4 is 5.32 Å². The van der Waals surface area contributed by atoms with Crippen molar-refractivity contribution in [2.24, 2.45) is 0 Å². The molecule has 0 radical (unpaired) electrons. The maximum absolute atomic E-state index is 12.8. The fourth-order valence-corrected chi connectivity index (χ4v) is 4.43. The Bertz CT molecular complexity index is 1740. The van der Waals surface area contributed by atoms with E-state index in [1.54, 1.807) is 48.5 Å². The molecule has 0 bridgehead atoms. The molecule has 2 aromatic heterocycles. The lowest BCUT2D eigenvalue weighted by Crippen LogP contribution is -2.10. The van der Waals surface area contributed by atoms with Crippen LogP contribution in [0.2, 0.25) is 10.0 Å². The van der Waals surface area contributed by atoms with Gasteiger partial charge in [-0.05, 0) is 71.8 Å². The van der Waals surface area contributed by atoms with E-state index in [9.17, 15) is 4.79 Å². The van der Waals surface area contributed by atoms with E-state index in [1.807, 2.05) is 42.5 Å². The lowest BCUT2D eigenvalue weighted by molar-refractivity contribution is 0.0997. The number of aromatic nitrogens is 1. The van der Waals surface area contributed by atoms with Crippen LogP contribution in [-0.4, -0.2) is 10.9 Å². The van der Waals surface area contributed by atoms with Crippen molar-refractivity contribution in [1.82, 2.24) is 4.98 Å². The topological polar surface area (TPSA) is 68.3 Å². The Kier molecular flexibility index (Phi) is 6.01. The van der Waals surface area contributed by atoms with Crippen LogP contribution in [0.25, 0.3) is 45.0 Å². The van der Waals surface area contributed by atoms with Gasteiger partial charge in [-0.1, -0.05) is 65.7 Å². The van der Waals surface area contributed by atoms with Crippen LogP contribution in [0.3, 0.4) is 0 Å². The predicted molar refractivity (Wildman–Crippen MR) is 147 cm³/mol. The van der Waals surface area contributed by atoms with E-state index < -0.39 is 5.91 Å². The normalized spacial score (nSPS) is 11.1. The molecule has 1 N–H and O–H groups in total. The van der Waals surface area contributed by atoms with E-state index in [1.165, 1.54) is 0 Å². The Balaban J connectivity index is 1.20. The summed E-state index contributed by atoms with van der Waals surface area (Å²) in [6, 6.07) is 31.8. The van der Waals surface area contributed by atoms with Gasteiger partial charge in [0.05, 0.1) is 5.02 Å². The average Bonchev–Trinajstić information content (AvgIpc) is 3.58. The Morgan fingerprint density at radius 3 is 2.30 bits per heavy atom. The molecule has 180 valence electrons. The molecule has 37 heavy (non-hydrogen) atoms. The summed E-state index contributed by atoms with van der Waals surface area (Å²) in [6.45, 7) is 0. The second kappa shape index (κ2) is 9.62. The zero-order valence-electron chi connectivity index (χ0n) is 19.2. The molecular weight excluding hydrogens is 507 g/mol. The van der Waals surface area contributed by atoms with Crippen LogP contribution >= 0.6 is 23.2 Å². The van der Waals surface area contributed by atoms with Gasteiger partial charge in [0.2, 0.25) is 5.89 Å². The highest BCUT2D eigenvalue weighted by atomic mass is 35.5. The number of oxazole rings is 1. The summed E-state index contributed by atoms with van der Waals surface area (Å²) in [7, 11) is 0. The lowest BCUT2D eigenvalue weighted by Gasteiger charge is -2.03. The van der Waals surface area contributed by atoms with Crippen LogP contribution in [0, 0.1) is 0 Å². The molecular formula is C30H18Cl2N2O3. The summed E-state index contributed by atoms with van der Waals surface area (Å²) in [4.78, 5) is 17.4. The Hall–Kier alpha value is -4.32. The van der Waals surface area contributed by atoms with Gasteiger partial charge in [-0.3, -0.25) is 4.79 Å². The van der Waals surface area contributed by atoms with Crippen molar-refractivity contribution in [1.29, 1.82) is 0 Å². The smallest absolute Gasteiger partial charge is 0.291 e. The number of furan rings is 1. The van der Waals surface area contributed by atoms with Crippen molar-refractivity contribution in [3.8, 4) is 33.9 Å². The highest BCUT2D eigenvalue weighted by Crippen LogP contribution is 2.32. The monoisotopic (exact) mass is 524 g/mol. The van der Waals surface area contributed by atoms with Crippen molar-refractivity contribution < 1.29 is 13.6 Å². The average molecular weight is 525 g/mol. The van der Waals surface area contributed by atoms with Crippen molar-refractivity contribution >= 4 is 45.9 Å². The maximum atomic E-state index is 12.8. The third-order valence-corrected chi connectivity index (χ3v) is 6.47. The number of benzene rings is 4. The third-order valence-electron chi connectivity index (χ3n) is 5.91. The molecule has 0 atom stereocenters. The second-order valence-electron chi connectivity index (χ2n) is 8.39. The van der Waals surface area contributed by atoms with Crippen molar-refractivity contribution in [3.05, 3.63) is 119 Å². The number of carbonyl (C=O) groups excluding carboxylic acids is 1. The van der Waals surface area contributed by atoms with Crippen molar-refractivity contribution in [2.75, 3.05) is 5.32 Å². The summed E-state index contributed by atoms with van der Waals surface area (Å²) in [5.41, 5.74) is 5.55. The van der Waals surface area contributed by atoms with Gasteiger partial charge in [-0.2, -0.15) is 0 Å². The summed E-state index contributed by atoms with van der Waals surface area (Å²) in [5.74, 6) is 0.703. The van der Waals surface area contributed by atoms with Gasteiger partial charge in [-0.15, -0.1) is 0 Å². The lowest BCUT2D eigenvalue weighted by atomic mass is 10.0. The molecule has 7 heteroatoms.